The molecule has 0 aliphatic carbocycles. The fourth-order valence-corrected chi connectivity index (χ4v) is 1.67. The van der Waals surface area contributed by atoms with Crippen molar-refractivity contribution in [3.63, 3.8) is 0 Å². The largest absolute Gasteiger partial charge is 0.357 e. The van der Waals surface area contributed by atoms with Gasteiger partial charge in [0, 0.05) is 25.6 Å². The van der Waals surface area contributed by atoms with Crippen LogP contribution in [0.4, 0.5) is 5.95 Å². The highest BCUT2D eigenvalue weighted by atomic mass is 32.2. The minimum atomic E-state index is 0.601. The summed E-state index contributed by atoms with van der Waals surface area (Å²) in [7, 11) is 1.78. The molecule has 76 valence electrons. The number of hydrogen-bond acceptors (Lipinski definition) is 6. The maximum absolute atomic E-state index is 4.26. The van der Waals surface area contributed by atoms with Crippen LogP contribution in [0.2, 0.25) is 0 Å². The van der Waals surface area contributed by atoms with Gasteiger partial charge in [-0.25, -0.2) is 15.0 Å². The molecule has 0 spiro atoms. The van der Waals surface area contributed by atoms with Crippen LogP contribution in [0.3, 0.4) is 0 Å². The summed E-state index contributed by atoms with van der Waals surface area (Å²) in [4.78, 5) is 16.4. The molecule has 1 N–H and O–H groups in total. The third-order valence-electron chi connectivity index (χ3n) is 1.60. The molecule has 0 amide bonds. The molecule has 2 aromatic heterocycles. The smallest absolute Gasteiger partial charge is 0.223 e. The van der Waals surface area contributed by atoms with E-state index >= 15 is 0 Å². The average molecular weight is 219 g/mol. The SMILES string of the molecule is CNc1nccc(Sc2cnccn2)n1. The van der Waals surface area contributed by atoms with E-state index in [1.807, 2.05) is 6.07 Å². The van der Waals surface area contributed by atoms with Gasteiger partial charge in [-0.3, -0.25) is 4.98 Å². The highest BCUT2D eigenvalue weighted by Crippen LogP contribution is 2.22. The van der Waals surface area contributed by atoms with Gasteiger partial charge in [0.15, 0.2) is 0 Å². The molecule has 0 aromatic carbocycles. The number of aromatic nitrogens is 4. The molecule has 2 heterocycles. The maximum atomic E-state index is 4.26. The lowest BCUT2D eigenvalue weighted by molar-refractivity contribution is 1.02. The highest BCUT2D eigenvalue weighted by molar-refractivity contribution is 7.99. The summed E-state index contributed by atoms with van der Waals surface area (Å²) >= 11 is 1.45. The molecule has 0 aliphatic heterocycles. The van der Waals surface area contributed by atoms with Crippen LogP contribution < -0.4 is 5.32 Å². The molecule has 0 radical (unpaired) electrons. The molecule has 0 unspecified atom stereocenters. The summed E-state index contributed by atoms with van der Waals surface area (Å²) in [5.74, 6) is 0.601. The van der Waals surface area contributed by atoms with Crippen molar-refractivity contribution in [1.82, 2.24) is 19.9 Å². The summed E-state index contributed by atoms with van der Waals surface area (Å²) in [6, 6.07) is 1.83. The topological polar surface area (TPSA) is 63.6 Å². The minimum Gasteiger partial charge on any atom is -0.357 e. The standard InChI is InChI=1S/C9H9N5S/c1-10-9-13-3-2-7(14-9)15-8-6-11-4-5-12-8/h2-6H,1H3,(H,10,13,14). The molecule has 15 heavy (non-hydrogen) atoms. The monoisotopic (exact) mass is 219 g/mol. The van der Waals surface area contributed by atoms with Crippen LogP contribution in [-0.2, 0) is 0 Å². The maximum Gasteiger partial charge on any atom is 0.223 e. The Morgan fingerprint density at radius 1 is 1.13 bits per heavy atom. The number of hydrogen-bond donors (Lipinski definition) is 1. The Hall–Kier alpha value is -1.69. The van der Waals surface area contributed by atoms with Crippen molar-refractivity contribution in [2.75, 3.05) is 12.4 Å². The zero-order valence-electron chi connectivity index (χ0n) is 8.08. The summed E-state index contributed by atoms with van der Waals surface area (Å²) in [5, 5.41) is 4.54. The lowest BCUT2D eigenvalue weighted by Crippen LogP contribution is -1.95. The molecule has 0 saturated heterocycles. The molecular formula is C9H9N5S. The van der Waals surface area contributed by atoms with Gasteiger partial charge >= 0.3 is 0 Å². The van der Waals surface area contributed by atoms with Crippen molar-refractivity contribution < 1.29 is 0 Å². The van der Waals surface area contributed by atoms with Gasteiger partial charge < -0.3 is 5.32 Å². The van der Waals surface area contributed by atoms with E-state index in [-0.39, 0.29) is 0 Å². The lowest BCUT2D eigenvalue weighted by atomic mass is 10.7. The second-order valence-electron chi connectivity index (χ2n) is 2.61. The van der Waals surface area contributed by atoms with E-state index in [0.29, 0.717) is 5.95 Å². The molecular weight excluding hydrogens is 210 g/mol. The van der Waals surface area contributed by atoms with Gasteiger partial charge in [-0.1, -0.05) is 0 Å². The van der Waals surface area contributed by atoms with Crippen molar-refractivity contribution in [3.8, 4) is 0 Å². The number of nitrogens with one attached hydrogen (secondary N) is 1. The van der Waals surface area contributed by atoms with Crippen LogP contribution in [0.25, 0.3) is 0 Å². The minimum absolute atomic E-state index is 0.601. The Morgan fingerprint density at radius 3 is 2.80 bits per heavy atom. The van der Waals surface area contributed by atoms with Crippen LogP contribution in [0.1, 0.15) is 0 Å². The molecule has 2 rings (SSSR count). The van der Waals surface area contributed by atoms with Crippen molar-refractivity contribution in [2.45, 2.75) is 10.1 Å². The van der Waals surface area contributed by atoms with Crippen molar-refractivity contribution in [1.29, 1.82) is 0 Å². The zero-order chi connectivity index (χ0) is 10.5. The lowest BCUT2D eigenvalue weighted by Gasteiger charge is -2.01. The fraction of sp³-hybridized carbons (Fsp3) is 0.111. The first-order valence-corrected chi connectivity index (χ1v) is 5.15. The zero-order valence-corrected chi connectivity index (χ0v) is 8.90. The fourth-order valence-electron chi connectivity index (χ4n) is 0.965. The first-order chi connectivity index (χ1) is 7.38. The Morgan fingerprint density at radius 2 is 2.07 bits per heavy atom. The molecule has 0 bridgehead atoms. The van der Waals surface area contributed by atoms with Crippen LogP contribution in [0.15, 0.2) is 40.9 Å². The molecule has 6 heteroatoms. The second kappa shape index (κ2) is 4.70. The first-order valence-electron chi connectivity index (χ1n) is 4.33. The summed E-state index contributed by atoms with van der Waals surface area (Å²) < 4.78 is 0. The average Bonchev–Trinajstić information content (AvgIpc) is 2.31. The Balaban J connectivity index is 2.17. The number of nitrogens with zero attached hydrogens (tertiary/aromatic N) is 4. The third kappa shape index (κ3) is 2.63. The first kappa shape index (κ1) is 9.85. The highest BCUT2D eigenvalue weighted by Gasteiger charge is 2.01. The normalized spacial score (nSPS) is 9.93. The van der Waals surface area contributed by atoms with Crippen molar-refractivity contribution in [2.24, 2.45) is 0 Å². The molecule has 0 atom stereocenters. The third-order valence-corrected chi connectivity index (χ3v) is 2.46. The Bertz CT molecular complexity index is 434. The van der Waals surface area contributed by atoms with E-state index in [2.05, 4.69) is 25.3 Å². The van der Waals surface area contributed by atoms with E-state index in [0.717, 1.165) is 10.1 Å². The van der Waals surface area contributed by atoms with Crippen molar-refractivity contribution in [3.05, 3.63) is 30.9 Å². The van der Waals surface area contributed by atoms with E-state index in [1.54, 1.807) is 31.8 Å². The van der Waals surface area contributed by atoms with Gasteiger partial charge in [0.2, 0.25) is 5.95 Å². The Labute approximate surface area is 91.4 Å². The summed E-state index contributed by atoms with van der Waals surface area (Å²) in [5.41, 5.74) is 0. The van der Waals surface area contributed by atoms with Gasteiger partial charge in [0.05, 0.1) is 6.20 Å². The quantitative estimate of drug-likeness (QED) is 0.788. The van der Waals surface area contributed by atoms with E-state index < -0.39 is 0 Å². The molecule has 0 aliphatic rings. The van der Waals surface area contributed by atoms with Gasteiger partial charge in [0.1, 0.15) is 10.1 Å². The predicted octanol–water partition coefficient (Wildman–Crippen LogP) is 1.46. The van der Waals surface area contributed by atoms with E-state index in [1.165, 1.54) is 11.8 Å². The predicted molar refractivity (Wildman–Crippen MR) is 57.7 cm³/mol. The summed E-state index contributed by atoms with van der Waals surface area (Å²) in [6.07, 6.45) is 6.70. The van der Waals surface area contributed by atoms with Crippen LogP contribution >= 0.6 is 11.8 Å². The second-order valence-corrected chi connectivity index (χ2v) is 3.65. The number of rotatable bonds is 3. The molecule has 5 nitrogen and oxygen atoms in total. The molecule has 0 fully saturated rings. The van der Waals surface area contributed by atoms with Gasteiger partial charge in [-0.05, 0) is 17.8 Å². The van der Waals surface area contributed by atoms with Gasteiger partial charge in [0.25, 0.3) is 0 Å². The molecule has 2 aromatic rings. The number of anilines is 1. The summed E-state index contributed by atoms with van der Waals surface area (Å²) in [6.45, 7) is 0. The van der Waals surface area contributed by atoms with Crippen LogP contribution in [0, 0.1) is 0 Å². The Kier molecular flexibility index (Phi) is 3.08. The van der Waals surface area contributed by atoms with Crippen LogP contribution in [-0.4, -0.2) is 27.0 Å². The van der Waals surface area contributed by atoms with Crippen molar-refractivity contribution >= 4 is 17.7 Å². The van der Waals surface area contributed by atoms with E-state index in [4.69, 9.17) is 0 Å². The van der Waals surface area contributed by atoms with Gasteiger partial charge in [-0.2, -0.15) is 0 Å². The van der Waals surface area contributed by atoms with Gasteiger partial charge in [-0.15, -0.1) is 0 Å². The molecule has 0 saturated carbocycles. The van der Waals surface area contributed by atoms with E-state index in [9.17, 15) is 0 Å². The van der Waals surface area contributed by atoms with Crippen LogP contribution in [0.5, 0.6) is 0 Å².